The van der Waals surface area contributed by atoms with Crippen LogP contribution in [0.25, 0.3) is 10.9 Å². The fourth-order valence-electron chi connectivity index (χ4n) is 3.84. The lowest BCUT2D eigenvalue weighted by Gasteiger charge is -2.24. The van der Waals surface area contributed by atoms with Crippen LogP contribution >= 0.6 is 11.8 Å². The second kappa shape index (κ2) is 8.91. The molecule has 33 heavy (non-hydrogen) atoms. The predicted octanol–water partition coefficient (Wildman–Crippen LogP) is 5.57. The number of nitrogens with one attached hydrogen (secondary N) is 1. The van der Waals surface area contributed by atoms with Crippen molar-refractivity contribution in [3.63, 3.8) is 0 Å². The highest BCUT2D eigenvalue weighted by molar-refractivity contribution is 8.00. The van der Waals surface area contributed by atoms with E-state index in [-0.39, 0.29) is 22.8 Å². The van der Waals surface area contributed by atoms with Gasteiger partial charge in [-0.2, -0.15) is 0 Å². The average molecular weight is 457 g/mol. The molecule has 0 radical (unpaired) electrons. The highest BCUT2D eigenvalue weighted by Gasteiger charge is 2.32. The molecule has 1 saturated heterocycles. The summed E-state index contributed by atoms with van der Waals surface area (Å²) in [6.07, 6.45) is 0. The largest absolute Gasteiger partial charge is 0.493 e. The molecule has 0 bridgehead atoms. The number of nitrogens with zero attached hydrogens (tertiary/aromatic N) is 3. The lowest BCUT2D eigenvalue weighted by Crippen LogP contribution is -2.27. The molecule has 1 aliphatic heterocycles. The smallest absolute Gasteiger partial charge is 0.295 e. The van der Waals surface area contributed by atoms with E-state index in [1.165, 1.54) is 0 Å². The van der Waals surface area contributed by atoms with Gasteiger partial charge in [0.2, 0.25) is 11.8 Å². The number of para-hydroxylation sites is 1. The lowest BCUT2D eigenvalue weighted by atomic mass is 10.1. The maximum Gasteiger partial charge on any atom is 0.295 e. The summed E-state index contributed by atoms with van der Waals surface area (Å²) in [5.74, 6) is -0.117. The zero-order valence-electron chi connectivity index (χ0n) is 17.5. The molecule has 1 aliphatic rings. The Morgan fingerprint density at radius 1 is 1.03 bits per heavy atom. The van der Waals surface area contributed by atoms with E-state index in [4.69, 9.17) is 0 Å². The number of carbonyl (C=O) groups is 2. The fraction of sp³-hybridized carbons (Fsp3) is 0.120. The predicted molar refractivity (Wildman–Crippen MR) is 127 cm³/mol. The number of hydrogen-bond donors (Lipinski definition) is 2. The van der Waals surface area contributed by atoms with Gasteiger partial charge in [-0.15, -0.1) is 22.0 Å². The van der Waals surface area contributed by atoms with Crippen LogP contribution in [-0.2, 0) is 11.3 Å². The van der Waals surface area contributed by atoms with Crippen molar-refractivity contribution >= 4 is 40.2 Å². The number of aromatic nitrogens is 1. The van der Waals surface area contributed by atoms with Crippen LogP contribution in [0.2, 0.25) is 0 Å². The molecule has 1 aromatic heterocycles. The van der Waals surface area contributed by atoms with Gasteiger partial charge < -0.3 is 15.0 Å². The van der Waals surface area contributed by atoms with Crippen LogP contribution < -0.4 is 0 Å². The number of rotatable bonds is 5. The number of carbonyl (C=O) groups excluding carboxylic acids is 2. The first kappa shape index (κ1) is 21.0. The SMILES string of the molecule is O=C(N=Nc1c(O)[nH]c2ccccc12)c1ccc(C2SCC(=O)N2Cc2ccccc2)cc1. The molecular formula is C25H20N4O3S. The van der Waals surface area contributed by atoms with Crippen LogP contribution in [0.15, 0.2) is 89.1 Å². The Hall–Kier alpha value is -3.91. The van der Waals surface area contributed by atoms with Gasteiger partial charge in [-0.05, 0) is 29.3 Å². The third kappa shape index (κ3) is 4.25. The summed E-state index contributed by atoms with van der Waals surface area (Å²) in [5, 5.41) is 18.4. The van der Waals surface area contributed by atoms with Crippen molar-refractivity contribution in [3.8, 4) is 5.88 Å². The van der Waals surface area contributed by atoms with Crippen molar-refractivity contribution in [2.24, 2.45) is 10.2 Å². The van der Waals surface area contributed by atoms with Gasteiger partial charge in [-0.1, -0.05) is 60.7 Å². The van der Waals surface area contributed by atoms with Crippen molar-refractivity contribution in [1.82, 2.24) is 9.88 Å². The highest BCUT2D eigenvalue weighted by Crippen LogP contribution is 2.40. The molecule has 1 fully saturated rings. The molecule has 2 heterocycles. The Kier molecular flexibility index (Phi) is 5.66. The summed E-state index contributed by atoms with van der Waals surface area (Å²) >= 11 is 1.57. The lowest BCUT2D eigenvalue weighted by molar-refractivity contribution is -0.128. The molecule has 0 spiro atoms. The van der Waals surface area contributed by atoms with Crippen LogP contribution in [0, 0.1) is 0 Å². The molecule has 1 unspecified atom stereocenters. The number of benzene rings is 3. The number of azo groups is 1. The number of thioether (sulfide) groups is 1. The molecule has 2 N–H and O–H groups in total. The van der Waals surface area contributed by atoms with Gasteiger partial charge >= 0.3 is 0 Å². The Morgan fingerprint density at radius 2 is 1.76 bits per heavy atom. The van der Waals surface area contributed by atoms with E-state index in [9.17, 15) is 14.7 Å². The minimum absolute atomic E-state index is 0.0985. The van der Waals surface area contributed by atoms with E-state index < -0.39 is 5.91 Å². The average Bonchev–Trinajstić information content (AvgIpc) is 3.37. The van der Waals surface area contributed by atoms with E-state index in [1.807, 2.05) is 65.6 Å². The Morgan fingerprint density at radius 3 is 2.55 bits per heavy atom. The minimum Gasteiger partial charge on any atom is -0.493 e. The van der Waals surface area contributed by atoms with Crippen molar-refractivity contribution in [2.75, 3.05) is 5.75 Å². The quantitative estimate of drug-likeness (QED) is 0.384. The Balaban J connectivity index is 1.32. The normalized spacial score (nSPS) is 16.2. The standard InChI is InChI=1S/C25H20N4O3S/c30-21-15-33-25(29(21)14-16-6-2-1-3-7-16)18-12-10-17(11-13-18)23(31)28-27-22-19-8-4-5-9-20(19)26-24(22)32/h1-13,25-26,32H,14-15H2. The first-order chi connectivity index (χ1) is 16.1. The molecule has 0 aliphatic carbocycles. The number of fused-ring (bicyclic) bond motifs is 1. The van der Waals surface area contributed by atoms with E-state index in [0.717, 1.165) is 11.1 Å². The Labute approximate surface area is 194 Å². The van der Waals surface area contributed by atoms with Gasteiger partial charge in [-0.25, -0.2) is 0 Å². The zero-order valence-corrected chi connectivity index (χ0v) is 18.3. The summed E-state index contributed by atoms with van der Waals surface area (Å²) < 4.78 is 0. The molecule has 3 aromatic carbocycles. The number of aromatic hydroxyl groups is 1. The molecule has 4 aromatic rings. The summed E-state index contributed by atoms with van der Waals surface area (Å²) in [6, 6.07) is 24.2. The number of H-pyrrole nitrogens is 1. The van der Waals surface area contributed by atoms with Crippen molar-refractivity contribution in [2.45, 2.75) is 11.9 Å². The van der Waals surface area contributed by atoms with Crippen molar-refractivity contribution in [1.29, 1.82) is 0 Å². The van der Waals surface area contributed by atoms with Gasteiger partial charge in [0.15, 0.2) is 5.69 Å². The van der Waals surface area contributed by atoms with Gasteiger partial charge in [0.1, 0.15) is 5.37 Å². The monoisotopic (exact) mass is 456 g/mol. The first-order valence-corrected chi connectivity index (χ1v) is 11.5. The van der Waals surface area contributed by atoms with Gasteiger partial charge in [0.25, 0.3) is 5.91 Å². The fourth-order valence-corrected chi connectivity index (χ4v) is 5.03. The molecule has 0 saturated carbocycles. The van der Waals surface area contributed by atoms with E-state index in [0.29, 0.717) is 28.8 Å². The van der Waals surface area contributed by atoms with Gasteiger partial charge in [0.05, 0.1) is 11.3 Å². The first-order valence-electron chi connectivity index (χ1n) is 10.4. The topological polar surface area (TPSA) is 98.1 Å². The molecule has 2 amide bonds. The van der Waals surface area contributed by atoms with Gasteiger partial charge in [-0.3, -0.25) is 9.59 Å². The number of aromatic amines is 1. The van der Waals surface area contributed by atoms with Crippen molar-refractivity contribution < 1.29 is 14.7 Å². The Bertz CT molecular complexity index is 1350. The zero-order chi connectivity index (χ0) is 22.8. The maximum absolute atomic E-state index is 12.6. The molecule has 7 nitrogen and oxygen atoms in total. The van der Waals surface area contributed by atoms with E-state index >= 15 is 0 Å². The van der Waals surface area contributed by atoms with Crippen LogP contribution in [-0.4, -0.2) is 32.6 Å². The minimum atomic E-state index is -0.512. The summed E-state index contributed by atoms with van der Waals surface area (Å²) in [7, 11) is 0. The third-order valence-corrected chi connectivity index (χ3v) is 6.76. The molecule has 8 heteroatoms. The van der Waals surface area contributed by atoms with Crippen molar-refractivity contribution in [3.05, 3.63) is 95.6 Å². The van der Waals surface area contributed by atoms with E-state index in [2.05, 4.69) is 15.2 Å². The second-order valence-corrected chi connectivity index (χ2v) is 8.73. The second-order valence-electron chi connectivity index (χ2n) is 7.67. The molecular weight excluding hydrogens is 436 g/mol. The summed E-state index contributed by atoms with van der Waals surface area (Å²) in [4.78, 5) is 29.7. The van der Waals surface area contributed by atoms with Crippen LogP contribution in [0.4, 0.5) is 5.69 Å². The summed E-state index contributed by atoms with van der Waals surface area (Å²) in [6.45, 7) is 0.542. The highest BCUT2D eigenvalue weighted by atomic mass is 32.2. The van der Waals surface area contributed by atoms with E-state index in [1.54, 1.807) is 30.0 Å². The molecule has 5 rings (SSSR count). The molecule has 1 atom stereocenters. The van der Waals surface area contributed by atoms with Crippen LogP contribution in [0.5, 0.6) is 5.88 Å². The maximum atomic E-state index is 12.6. The van der Waals surface area contributed by atoms with Crippen LogP contribution in [0.3, 0.4) is 0 Å². The van der Waals surface area contributed by atoms with Crippen LogP contribution in [0.1, 0.15) is 26.9 Å². The number of hydrogen-bond acceptors (Lipinski definition) is 5. The van der Waals surface area contributed by atoms with Gasteiger partial charge in [0, 0.05) is 17.5 Å². The molecule has 164 valence electrons. The summed E-state index contributed by atoms with van der Waals surface area (Å²) in [5.41, 5.74) is 3.35. The number of amides is 2. The third-order valence-electron chi connectivity index (χ3n) is 5.51.